The Morgan fingerprint density at radius 3 is 2.41 bits per heavy atom. The summed E-state index contributed by atoms with van der Waals surface area (Å²) in [5.74, 6) is -1.16. The lowest BCUT2D eigenvalue weighted by molar-refractivity contribution is -0.120. The second-order valence-corrected chi connectivity index (χ2v) is 3.74. The molecule has 1 rings (SSSR count). The van der Waals surface area contributed by atoms with Gasteiger partial charge in [0.25, 0.3) is 0 Å². The van der Waals surface area contributed by atoms with Crippen molar-refractivity contribution in [2.45, 2.75) is 26.7 Å². The topological polar surface area (TPSA) is 79.3 Å². The second-order valence-electron chi connectivity index (χ2n) is 3.74. The van der Waals surface area contributed by atoms with E-state index in [4.69, 9.17) is 5.11 Å². The lowest BCUT2D eigenvalue weighted by Gasteiger charge is -2.12. The molecule has 0 aromatic carbocycles. The predicted octanol–water partition coefficient (Wildman–Crippen LogP) is 2.15. The van der Waals surface area contributed by atoms with Gasteiger partial charge in [-0.2, -0.15) is 0 Å². The zero-order chi connectivity index (χ0) is 12.8. The molecular weight excluding hydrogens is 220 g/mol. The van der Waals surface area contributed by atoms with Gasteiger partial charge in [-0.3, -0.25) is 4.79 Å². The number of carbonyl (C=O) groups excluding carboxylic acids is 1. The van der Waals surface area contributed by atoms with Crippen LogP contribution in [0.4, 0.5) is 5.69 Å². The number of nitrogens with zero attached hydrogens (tertiary/aromatic N) is 1. The van der Waals surface area contributed by atoms with Crippen molar-refractivity contribution in [3.05, 3.63) is 24.0 Å². The Morgan fingerprint density at radius 2 is 2.00 bits per heavy atom. The van der Waals surface area contributed by atoms with Gasteiger partial charge in [0.2, 0.25) is 5.91 Å². The molecule has 1 aromatic heterocycles. The SMILES string of the molecule is CCC(CC)C(=O)Nc1ccc(C(=O)O)nc1. The van der Waals surface area contributed by atoms with E-state index in [1.54, 1.807) is 0 Å². The van der Waals surface area contributed by atoms with Gasteiger partial charge in [-0.05, 0) is 25.0 Å². The van der Waals surface area contributed by atoms with Crippen LogP contribution in [0.3, 0.4) is 0 Å². The van der Waals surface area contributed by atoms with Crippen LogP contribution >= 0.6 is 0 Å². The molecule has 0 fully saturated rings. The summed E-state index contributed by atoms with van der Waals surface area (Å²) in [4.78, 5) is 26.1. The maximum absolute atomic E-state index is 11.7. The summed E-state index contributed by atoms with van der Waals surface area (Å²) in [5.41, 5.74) is 0.484. The largest absolute Gasteiger partial charge is 0.477 e. The molecule has 0 unspecified atom stereocenters. The number of carbonyl (C=O) groups is 2. The Balaban J connectivity index is 2.69. The van der Waals surface area contributed by atoms with Crippen molar-refractivity contribution < 1.29 is 14.7 Å². The first kappa shape index (κ1) is 13.2. The van der Waals surface area contributed by atoms with Gasteiger partial charge < -0.3 is 10.4 Å². The fourth-order valence-electron chi connectivity index (χ4n) is 1.50. The van der Waals surface area contributed by atoms with E-state index in [2.05, 4.69) is 10.3 Å². The van der Waals surface area contributed by atoms with Crippen molar-refractivity contribution in [1.82, 2.24) is 4.98 Å². The number of aromatic carboxylic acids is 1. The molecule has 92 valence electrons. The molecule has 5 heteroatoms. The van der Waals surface area contributed by atoms with Crippen LogP contribution in [0.5, 0.6) is 0 Å². The molecule has 0 atom stereocenters. The molecule has 0 radical (unpaired) electrons. The molecule has 0 saturated carbocycles. The van der Waals surface area contributed by atoms with Crippen LogP contribution in [0, 0.1) is 5.92 Å². The summed E-state index contributed by atoms with van der Waals surface area (Å²) in [6.07, 6.45) is 2.91. The molecule has 0 bridgehead atoms. The van der Waals surface area contributed by atoms with Gasteiger partial charge in [-0.1, -0.05) is 13.8 Å². The minimum absolute atomic E-state index is 0.0193. The van der Waals surface area contributed by atoms with Gasteiger partial charge in [-0.25, -0.2) is 9.78 Å². The normalized spacial score (nSPS) is 10.3. The highest BCUT2D eigenvalue weighted by molar-refractivity contribution is 5.92. The minimum Gasteiger partial charge on any atom is -0.477 e. The average molecular weight is 236 g/mol. The highest BCUT2D eigenvalue weighted by Crippen LogP contribution is 2.12. The highest BCUT2D eigenvalue weighted by Gasteiger charge is 2.14. The summed E-state index contributed by atoms with van der Waals surface area (Å²) >= 11 is 0. The highest BCUT2D eigenvalue weighted by atomic mass is 16.4. The van der Waals surface area contributed by atoms with E-state index in [1.165, 1.54) is 18.3 Å². The Kier molecular flexibility index (Phi) is 4.63. The number of pyridine rings is 1. The first-order valence-electron chi connectivity index (χ1n) is 5.58. The Labute approximate surface area is 99.9 Å². The first-order chi connectivity index (χ1) is 8.08. The molecule has 0 saturated heterocycles. The molecule has 1 heterocycles. The zero-order valence-corrected chi connectivity index (χ0v) is 9.93. The molecule has 17 heavy (non-hydrogen) atoms. The second kappa shape index (κ2) is 5.98. The first-order valence-corrected chi connectivity index (χ1v) is 5.58. The number of hydrogen-bond acceptors (Lipinski definition) is 3. The molecule has 0 aliphatic carbocycles. The summed E-state index contributed by atoms with van der Waals surface area (Å²) in [5, 5.41) is 11.4. The minimum atomic E-state index is -1.08. The number of amides is 1. The number of aromatic nitrogens is 1. The van der Waals surface area contributed by atoms with Crippen molar-refractivity contribution >= 4 is 17.6 Å². The van der Waals surface area contributed by atoms with Crippen LogP contribution < -0.4 is 5.32 Å². The van der Waals surface area contributed by atoms with E-state index in [9.17, 15) is 9.59 Å². The van der Waals surface area contributed by atoms with Gasteiger partial charge >= 0.3 is 5.97 Å². The smallest absolute Gasteiger partial charge is 0.354 e. The third kappa shape index (κ3) is 3.55. The van der Waals surface area contributed by atoms with Crippen LogP contribution in [0.2, 0.25) is 0 Å². The molecular formula is C12H16N2O3. The zero-order valence-electron chi connectivity index (χ0n) is 9.93. The van der Waals surface area contributed by atoms with Crippen molar-refractivity contribution in [2.24, 2.45) is 5.92 Å². The average Bonchev–Trinajstić information content (AvgIpc) is 2.31. The molecule has 0 spiro atoms. The van der Waals surface area contributed by atoms with E-state index >= 15 is 0 Å². The van der Waals surface area contributed by atoms with Crippen LogP contribution in [0.15, 0.2) is 18.3 Å². The summed E-state index contributed by atoms with van der Waals surface area (Å²) in [7, 11) is 0. The fourth-order valence-corrected chi connectivity index (χ4v) is 1.50. The van der Waals surface area contributed by atoms with Crippen molar-refractivity contribution in [2.75, 3.05) is 5.32 Å². The van der Waals surface area contributed by atoms with Gasteiger partial charge in [0.1, 0.15) is 5.69 Å². The lowest BCUT2D eigenvalue weighted by Crippen LogP contribution is -2.21. The third-order valence-corrected chi connectivity index (χ3v) is 2.61. The van der Waals surface area contributed by atoms with Gasteiger partial charge in [0, 0.05) is 5.92 Å². The summed E-state index contributed by atoms with van der Waals surface area (Å²) < 4.78 is 0. The van der Waals surface area contributed by atoms with Crippen LogP contribution in [-0.2, 0) is 4.79 Å². The maximum atomic E-state index is 11.7. The van der Waals surface area contributed by atoms with Crippen LogP contribution in [-0.4, -0.2) is 22.0 Å². The molecule has 0 aliphatic rings. The van der Waals surface area contributed by atoms with Gasteiger partial charge in [0.05, 0.1) is 11.9 Å². The molecule has 1 aromatic rings. The summed E-state index contributed by atoms with van der Waals surface area (Å²) in [6.45, 7) is 3.92. The fraction of sp³-hybridized carbons (Fsp3) is 0.417. The van der Waals surface area contributed by atoms with E-state index in [0.717, 1.165) is 12.8 Å². The van der Waals surface area contributed by atoms with Crippen LogP contribution in [0.1, 0.15) is 37.2 Å². The number of nitrogens with one attached hydrogen (secondary N) is 1. The molecule has 1 amide bonds. The molecule has 2 N–H and O–H groups in total. The quantitative estimate of drug-likeness (QED) is 0.821. The van der Waals surface area contributed by atoms with E-state index in [0.29, 0.717) is 5.69 Å². The lowest BCUT2D eigenvalue weighted by atomic mass is 10.0. The van der Waals surface area contributed by atoms with Crippen molar-refractivity contribution in [3.8, 4) is 0 Å². The predicted molar refractivity (Wildman–Crippen MR) is 63.9 cm³/mol. The van der Waals surface area contributed by atoms with E-state index in [1.807, 2.05) is 13.8 Å². The Bertz CT molecular complexity index is 397. The van der Waals surface area contributed by atoms with Gasteiger partial charge in [0.15, 0.2) is 0 Å². The molecule has 5 nitrogen and oxygen atoms in total. The standard InChI is InChI=1S/C12H16N2O3/c1-3-8(4-2)11(15)14-9-5-6-10(12(16)17)13-7-9/h5-8H,3-4H2,1-2H3,(H,14,15)(H,16,17). The number of carboxylic acid groups (broad SMARTS) is 1. The maximum Gasteiger partial charge on any atom is 0.354 e. The number of hydrogen-bond donors (Lipinski definition) is 2. The van der Waals surface area contributed by atoms with E-state index in [-0.39, 0.29) is 17.5 Å². The molecule has 0 aliphatic heterocycles. The van der Waals surface area contributed by atoms with Crippen LogP contribution in [0.25, 0.3) is 0 Å². The van der Waals surface area contributed by atoms with Crippen molar-refractivity contribution in [1.29, 1.82) is 0 Å². The van der Waals surface area contributed by atoms with Crippen molar-refractivity contribution in [3.63, 3.8) is 0 Å². The Hall–Kier alpha value is -1.91. The monoisotopic (exact) mass is 236 g/mol. The van der Waals surface area contributed by atoms with Gasteiger partial charge in [-0.15, -0.1) is 0 Å². The Morgan fingerprint density at radius 1 is 1.35 bits per heavy atom. The number of anilines is 1. The number of rotatable bonds is 5. The summed E-state index contributed by atoms with van der Waals surface area (Å²) in [6, 6.07) is 2.90. The van der Waals surface area contributed by atoms with E-state index < -0.39 is 5.97 Å². The number of carboxylic acids is 1. The third-order valence-electron chi connectivity index (χ3n) is 2.61.